The lowest BCUT2D eigenvalue weighted by Gasteiger charge is -2.43. The van der Waals surface area contributed by atoms with Crippen LogP contribution in [-0.4, -0.2) is 59.0 Å². The summed E-state index contributed by atoms with van der Waals surface area (Å²) in [7, 11) is 0. The van der Waals surface area contributed by atoms with E-state index in [4.69, 9.17) is 11.6 Å². The van der Waals surface area contributed by atoms with Gasteiger partial charge in [-0.2, -0.15) is 18.7 Å². The number of carbonyl (C=O) groups excluding carboxylic acids is 1. The van der Waals surface area contributed by atoms with Crippen LogP contribution in [0.4, 0.5) is 13.2 Å². The standard InChI is InChI=1S/C17H22ClF3N6O/c18-15-14(7-22-24-16(15)28)26-6-5-13-12(9-26)23-25-27(13)8-10-3-1-2-4-11(10)17(19,20)21/h1-4,12-15,22-23,25H,5-9H2,(H,24,28). The molecular formula is C17H22ClF3N6O. The molecule has 4 N–H and O–H groups in total. The van der Waals surface area contributed by atoms with Crippen molar-refractivity contribution in [2.45, 2.75) is 42.6 Å². The molecule has 0 saturated carbocycles. The van der Waals surface area contributed by atoms with E-state index in [0.29, 0.717) is 19.6 Å². The van der Waals surface area contributed by atoms with Crippen molar-refractivity contribution in [2.24, 2.45) is 0 Å². The number of hydrogen-bond acceptors (Lipinski definition) is 6. The van der Waals surface area contributed by atoms with E-state index in [2.05, 4.69) is 26.7 Å². The number of rotatable bonds is 3. The first-order valence-electron chi connectivity index (χ1n) is 9.18. The van der Waals surface area contributed by atoms with Gasteiger partial charge in [0.2, 0.25) is 0 Å². The number of fused-ring (bicyclic) bond motifs is 1. The number of nitrogens with one attached hydrogen (secondary N) is 4. The third-order valence-corrected chi connectivity index (χ3v) is 6.13. The van der Waals surface area contributed by atoms with Crippen molar-refractivity contribution in [2.75, 3.05) is 19.6 Å². The van der Waals surface area contributed by atoms with E-state index >= 15 is 0 Å². The van der Waals surface area contributed by atoms with Gasteiger partial charge in [-0.1, -0.05) is 18.2 Å². The monoisotopic (exact) mass is 418 g/mol. The Morgan fingerprint density at radius 2 is 2.00 bits per heavy atom. The molecule has 4 unspecified atom stereocenters. The van der Waals surface area contributed by atoms with Crippen molar-refractivity contribution < 1.29 is 18.0 Å². The number of benzene rings is 1. The van der Waals surface area contributed by atoms with Gasteiger partial charge >= 0.3 is 6.18 Å². The molecule has 28 heavy (non-hydrogen) atoms. The van der Waals surface area contributed by atoms with Gasteiger partial charge in [0.15, 0.2) is 0 Å². The molecule has 154 valence electrons. The molecule has 3 saturated heterocycles. The van der Waals surface area contributed by atoms with Crippen molar-refractivity contribution >= 4 is 17.5 Å². The van der Waals surface area contributed by atoms with Gasteiger partial charge in [0.25, 0.3) is 5.91 Å². The van der Waals surface area contributed by atoms with Crippen LogP contribution in [0.1, 0.15) is 17.5 Å². The molecule has 3 heterocycles. The maximum Gasteiger partial charge on any atom is 0.416 e. The Morgan fingerprint density at radius 1 is 1.21 bits per heavy atom. The summed E-state index contributed by atoms with van der Waals surface area (Å²) in [6.07, 6.45) is -3.63. The summed E-state index contributed by atoms with van der Waals surface area (Å²) in [5.41, 5.74) is 11.2. The number of alkyl halides is 4. The highest BCUT2D eigenvalue weighted by Crippen LogP contribution is 2.33. The van der Waals surface area contributed by atoms with Crippen LogP contribution in [-0.2, 0) is 17.5 Å². The van der Waals surface area contributed by atoms with Crippen LogP contribution in [0.3, 0.4) is 0 Å². The van der Waals surface area contributed by atoms with Crippen LogP contribution < -0.4 is 21.8 Å². The predicted octanol–water partition coefficient (Wildman–Crippen LogP) is 0.584. The zero-order chi connectivity index (χ0) is 19.9. The SMILES string of the molecule is O=C1NNCC(N2CCC3C(C2)NNN3Cc2ccccc2C(F)(F)F)C1Cl. The van der Waals surface area contributed by atoms with Crippen LogP contribution in [0.2, 0.25) is 0 Å². The van der Waals surface area contributed by atoms with E-state index < -0.39 is 17.1 Å². The molecule has 0 spiro atoms. The van der Waals surface area contributed by atoms with Crippen LogP contribution in [0.25, 0.3) is 0 Å². The maximum atomic E-state index is 13.3. The number of nitrogens with zero attached hydrogens (tertiary/aromatic N) is 2. The molecule has 1 aromatic rings. The van der Waals surface area contributed by atoms with Crippen molar-refractivity contribution in [3.8, 4) is 0 Å². The number of piperidine rings is 1. The molecule has 0 bridgehead atoms. The first-order valence-corrected chi connectivity index (χ1v) is 9.62. The Morgan fingerprint density at radius 3 is 2.79 bits per heavy atom. The quantitative estimate of drug-likeness (QED) is 0.538. The van der Waals surface area contributed by atoms with Gasteiger partial charge in [-0.05, 0) is 18.1 Å². The molecule has 3 fully saturated rings. The van der Waals surface area contributed by atoms with Crippen molar-refractivity contribution in [3.05, 3.63) is 35.4 Å². The molecule has 3 aliphatic rings. The van der Waals surface area contributed by atoms with Crippen molar-refractivity contribution in [1.82, 2.24) is 31.7 Å². The van der Waals surface area contributed by atoms with Crippen LogP contribution >= 0.6 is 11.6 Å². The minimum Gasteiger partial charge on any atom is -0.295 e. The average Bonchev–Trinajstić information content (AvgIpc) is 3.06. The minimum absolute atomic E-state index is 0.0284. The highest BCUT2D eigenvalue weighted by molar-refractivity contribution is 6.31. The smallest absolute Gasteiger partial charge is 0.295 e. The van der Waals surface area contributed by atoms with Crippen molar-refractivity contribution in [3.63, 3.8) is 0 Å². The van der Waals surface area contributed by atoms with Gasteiger partial charge < -0.3 is 0 Å². The molecule has 0 aliphatic carbocycles. The normalized spacial score (nSPS) is 32.2. The van der Waals surface area contributed by atoms with Gasteiger partial charge in [-0.3, -0.25) is 15.1 Å². The van der Waals surface area contributed by atoms with Crippen molar-refractivity contribution in [1.29, 1.82) is 0 Å². The number of likely N-dealkylation sites (tertiary alicyclic amines) is 1. The van der Waals surface area contributed by atoms with E-state index in [-0.39, 0.29) is 36.1 Å². The number of amides is 1. The summed E-state index contributed by atoms with van der Waals surface area (Å²) in [5.74, 6) is -0.247. The summed E-state index contributed by atoms with van der Waals surface area (Å²) < 4.78 is 39.8. The number of hydrogen-bond donors (Lipinski definition) is 4. The van der Waals surface area contributed by atoms with Gasteiger partial charge in [0, 0.05) is 38.3 Å². The molecule has 11 heteroatoms. The third kappa shape index (κ3) is 3.85. The Balaban J connectivity index is 1.42. The second-order valence-corrected chi connectivity index (χ2v) is 7.81. The lowest BCUT2D eigenvalue weighted by molar-refractivity contribution is -0.138. The number of hydrazine groups is 3. The van der Waals surface area contributed by atoms with E-state index in [1.54, 1.807) is 6.07 Å². The second-order valence-electron chi connectivity index (χ2n) is 7.34. The van der Waals surface area contributed by atoms with Gasteiger partial charge in [0.05, 0.1) is 11.6 Å². The molecular weight excluding hydrogens is 397 g/mol. The summed E-state index contributed by atoms with van der Waals surface area (Å²) in [4.78, 5) is 13.9. The van der Waals surface area contributed by atoms with Gasteiger partial charge in [-0.15, -0.1) is 11.6 Å². The third-order valence-electron chi connectivity index (χ3n) is 5.65. The zero-order valence-corrected chi connectivity index (χ0v) is 15.7. The van der Waals surface area contributed by atoms with E-state index in [1.165, 1.54) is 12.1 Å². The Kier molecular flexibility index (Phi) is 5.51. The molecule has 1 amide bonds. The lowest BCUT2D eigenvalue weighted by Crippen LogP contribution is -2.65. The lowest BCUT2D eigenvalue weighted by atomic mass is 9.96. The maximum absolute atomic E-state index is 13.3. The molecule has 7 nitrogen and oxygen atoms in total. The molecule has 4 rings (SSSR count). The highest BCUT2D eigenvalue weighted by atomic mass is 35.5. The largest absolute Gasteiger partial charge is 0.416 e. The number of halogens is 4. The fourth-order valence-electron chi connectivity index (χ4n) is 4.21. The highest BCUT2D eigenvalue weighted by Gasteiger charge is 2.43. The molecule has 1 aromatic carbocycles. The van der Waals surface area contributed by atoms with Crippen LogP contribution in [0.5, 0.6) is 0 Å². The van der Waals surface area contributed by atoms with Crippen LogP contribution in [0, 0.1) is 0 Å². The van der Waals surface area contributed by atoms with E-state index in [0.717, 1.165) is 12.5 Å². The summed E-state index contributed by atoms with van der Waals surface area (Å²) in [6.45, 7) is 2.06. The second kappa shape index (κ2) is 7.77. The Bertz CT molecular complexity index is 735. The van der Waals surface area contributed by atoms with E-state index in [9.17, 15) is 18.0 Å². The first kappa shape index (κ1) is 19.9. The fraction of sp³-hybridized carbons (Fsp3) is 0.588. The average molecular weight is 419 g/mol. The number of carbonyl (C=O) groups is 1. The molecule has 0 radical (unpaired) electrons. The molecule has 4 atom stereocenters. The fourth-order valence-corrected chi connectivity index (χ4v) is 4.51. The minimum atomic E-state index is -4.38. The molecule has 0 aromatic heterocycles. The van der Waals surface area contributed by atoms with E-state index in [1.807, 2.05) is 5.01 Å². The summed E-state index contributed by atoms with van der Waals surface area (Å²) >= 11 is 6.26. The first-order chi connectivity index (χ1) is 13.3. The Hall–Kier alpha value is -1.43. The molecule has 3 aliphatic heterocycles. The summed E-state index contributed by atoms with van der Waals surface area (Å²) in [5, 5.41) is 1.19. The van der Waals surface area contributed by atoms with Crippen LogP contribution in [0.15, 0.2) is 24.3 Å². The van der Waals surface area contributed by atoms with Gasteiger partial charge in [0.1, 0.15) is 5.38 Å². The predicted molar refractivity (Wildman–Crippen MR) is 96.6 cm³/mol. The topological polar surface area (TPSA) is 71.7 Å². The van der Waals surface area contributed by atoms with Gasteiger partial charge in [-0.25, -0.2) is 15.9 Å². The zero-order valence-electron chi connectivity index (χ0n) is 15.0. The summed E-state index contributed by atoms with van der Waals surface area (Å²) in [6, 6.07) is 5.60. The Labute approximate surface area is 165 Å².